The third-order valence-corrected chi connectivity index (χ3v) is 3.90. The number of carboxylic acid groups (broad SMARTS) is 1. The number of aromatic carboxylic acids is 1. The van der Waals surface area contributed by atoms with Gasteiger partial charge in [-0.3, -0.25) is 4.79 Å². The summed E-state index contributed by atoms with van der Waals surface area (Å²) in [5, 5.41) is 8.92. The summed E-state index contributed by atoms with van der Waals surface area (Å²) in [5.41, 5.74) is 0.0823. The number of carbonyl (C=O) groups is 2. The molecule has 2 rings (SSSR count). The Hall–Kier alpha value is -1.95. The zero-order valence-corrected chi connectivity index (χ0v) is 12.5. The highest BCUT2D eigenvalue weighted by Crippen LogP contribution is 2.17. The van der Waals surface area contributed by atoms with Crippen LogP contribution in [0.25, 0.3) is 0 Å². The Morgan fingerprint density at radius 2 is 1.95 bits per heavy atom. The van der Waals surface area contributed by atoms with Gasteiger partial charge >= 0.3 is 5.97 Å². The molecule has 0 saturated carbocycles. The predicted octanol–water partition coefficient (Wildman–Crippen LogP) is 1.19. The molecule has 6 heteroatoms. The maximum atomic E-state index is 12.3. The van der Waals surface area contributed by atoms with Crippen LogP contribution in [0.2, 0.25) is 0 Å². The molecule has 2 heterocycles. The number of pyridine rings is 1. The molecule has 0 atom stereocenters. The van der Waals surface area contributed by atoms with E-state index in [0.29, 0.717) is 12.5 Å². The van der Waals surface area contributed by atoms with Crippen molar-refractivity contribution in [1.82, 2.24) is 14.8 Å². The number of amides is 1. The Balaban J connectivity index is 1.99. The molecule has 0 aromatic carbocycles. The van der Waals surface area contributed by atoms with E-state index in [4.69, 9.17) is 5.11 Å². The number of hydrogen-bond acceptors (Lipinski definition) is 4. The molecule has 114 valence electrons. The van der Waals surface area contributed by atoms with E-state index >= 15 is 0 Å². The second-order valence-corrected chi connectivity index (χ2v) is 5.65. The zero-order chi connectivity index (χ0) is 15.4. The van der Waals surface area contributed by atoms with Crippen LogP contribution in [-0.4, -0.2) is 65.5 Å². The van der Waals surface area contributed by atoms with Crippen molar-refractivity contribution in [2.75, 3.05) is 33.7 Å². The predicted molar refractivity (Wildman–Crippen MR) is 78.4 cm³/mol. The first kappa shape index (κ1) is 15.4. The highest BCUT2D eigenvalue weighted by atomic mass is 16.4. The van der Waals surface area contributed by atoms with Gasteiger partial charge < -0.3 is 14.9 Å². The molecule has 1 fully saturated rings. The van der Waals surface area contributed by atoms with Crippen molar-refractivity contribution in [2.45, 2.75) is 12.8 Å². The fourth-order valence-electron chi connectivity index (χ4n) is 2.58. The number of aromatic nitrogens is 1. The SMILES string of the molecule is CN1CCC(CN(C)C(=O)c2cccc(C(=O)O)n2)CC1. The minimum atomic E-state index is -1.12. The minimum Gasteiger partial charge on any atom is -0.477 e. The van der Waals surface area contributed by atoms with Crippen molar-refractivity contribution in [2.24, 2.45) is 5.92 Å². The quantitative estimate of drug-likeness (QED) is 0.902. The van der Waals surface area contributed by atoms with E-state index < -0.39 is 5.97 Å². The molecule has 0 radical (unpaired) electrons. The van der Waals surface area contributed by atoms with E-state index in [1.807, 2.05) is 0 Å². The lowest BCUT2D eigenvalue weighted by Gasteiger charge is -2.31. The zero-order valence-electron chi connectivity index (χ0n) is 12.5. The number of hydrogen-bond donors (Lipinski definition) is 1. The Bertz CT molecular complexity index is 525. The van der Waals surface area contributed by atoms with Crippen LogP contribution in [0.4, 0.5) is 0 Å². The minimum absolute atomic E-state index is 0.103. The molecule has 1 aromatic heterocycles. The smallest absolute Gasteiger partial charge is 0.354 e. The van der Waals surface area contributed by atoms with E-state index in [1.165, 1.54) is 6.07 Å². The van der Waals surface area contributed by atoms with Gasteiger partial charge in [-0.05, 0) is 51.0 Å². The normalized spacial score (nSPS) is 16.7. The van der Waals surface area contributed by atoms with Crippen LogP contribution in [0.5, 0.6) is 0 Å². The molecule has 1 amide bonds. The van der Waals surface area contributed by atoms with Gasteiger partial charge in [0.15, 0.2) is 0 Å². The summed E-state index contributed by atoms with van der Waals surface area (Å²) in [7, 11) is 3.85. The van der Waals surface area contributed by atoms with Crippen LogP contribution in [-0.2, 0) is 0 Å². The molecule has 1 saturated heterocycles. The lowest BCUT2D eigenvalue weighted by molar-refractivity contribution is 0.0689. The van der Waals surface area contributed by atoms with Crippen LogP contribution < -0.4 is 0 Å². The molecule has 0 aliphatic carbocycles. The summed E-state index contributed by atoms with van der Waals surface area (Å²) in [5.74, 6) is -0.850. The molecule has 1 aromatic rings. The van der Waals surface area contributed by atoms with Crippen molar-refractivity contribution in [1.29, 1.82) is 0 Å². The summed E-state index contributed by atoms with van der Waals surface area (Å²) in [6.45, 7) is 2.80. The van der Waals surface area contributed by atoms with Crippen LogP contribution in [0, 0.1) is 5.92 Å². The Labute approximate surface area is 124 Å². The van der Waals surface area contributed by atoms with E-state index in [9.17, 15) is 9.59 Å². The number of carboxylic acids is 1. The number of likely N-dealkylation sites (tertiary alicyclic amines) is 1. The lowest BCUT2D eigenvalue weighted by Crippen LogP contribution is -2.38. The molecule has 1 N–H and O–H groups in total. The molecule has 1 aliphatic rings. The standard InChI is InChI=1S/C15H21N3O3/c1-17-8-6-11(7-9-17)10-18(2)14(19)12-4-3-5-13(16-12)15(20)21/h3-5,11H,6-10H2,1-2H3,(H,20,21). The van der Waals surface area contributed by atoms with Crippen LogP contribution in [0.3, 0.4) is 0 Å². The first-order valence-corrected chi connectivity index (χ1v) is 7.11. The van der Waals surface area contributed by atoms with Crippen molar-refractivity contribution >= 4 is 11.9 Å². The summed E-state index contributed by atoms with van der Waals surface area (Å²) in [6, 6.07) is 4.49. The van der Waals surface area contributed by atoms with Crippen molar-refractivity contribution < 1.29 is 14.7 Å². The Morgan fingerprint density at radius 1 is 1.33 bits per heavy atom. The van der Waals surface area contributed by atoms with Gasteiger partial charge in [0.2, 0.25) is 0 Å². The first-order valence-electron chi connectivity index (χ1n) is 7.11. The average molecular weight is 291 g/mol. The van der Waals surface area contributed by atoms with Gasteiger partial charge in [-0.25, -0.2) is 9.78 Å². The van der Waals surface area contributed by atoms with Gasteiger partial charge in [-0.1, -0.05) is 6.07 Å². The van der Waals surface area contributed by atoms with Gasteiger partial charge in [0.1, 0.15) is 11.4 Å². The van der Waals surface area contributed by atoms with Crippen molar-refractivity contribution in [3.63, 3.8) is 0 Å². The topological polar surface area (TPSA) is 73.7 Å². The van der Waals surface area contributed by atoms with Crippen LogP contribution in [0.1, 0.15) is 33.8 Å². The average Bonchev–Trinajstić information content (AvgIpc) is 2.49. The molecule has 21 heavy (non-hydrogen) atoms. The molecule has 0 bridgehead atoms. The number of carbonyl (C=O) groups excluding carboxylic acids is 1. The summed E-state index contributed by atoms with van der Waals surface area (Å²) >= 11 is 0. The van der Waals surface area contributed by atoms with Gasteiger partial charge in [-0.15, -0.1) is 0 Å². The van der Waals surface area contributed by atoms with Gasteiger partial charge in [0, 0.05) is 13.6 Å². The van der Waals surface area contributed by atoms with Gasteiger partial charge in [0.25, 0.3) is 5.91 Å². The fraction of sp³-hybridized carbons (Fsp3) is 0.533. The summed E-state index contributed by atoms with van der Waals surface area (Å²) < 4.78 is 0. The Morgan fingerprint density at radius 3 is 2.57 bits per heavy atom. The summed E-state index contributed by atoms with van der Waals surface area (Å²) in [4.78, 5) is 31.0. The van der Waals surface area contributed by atoms with Gasteiger partial charge in [0.05, 0.1) is 0 Å². The maximum Gasteiger partial charge on any atom is 0.354 e. The molecule has 0 unspecified atom stereocenters. The highest BCUT2D eigenvalue weighted by Gasteiger charge is 2.22. The van der Waals surface area contributed by atoms with E-state index in [0.717, 1.165) is 25.9 Å². The maximum absolute atomic E-state index is 12.3. The largest absolute Gasteiger partial charge is 0.477 e. The first-order chi connectivity index (χ1) is 9.97. The second kappa shape index (κ2) is 6.67. The van der Waals surface area contributed by atoms with E-state index in [-0.39, 0.29) is 17.3 Å². The van der Waals surface area contributed by atoms with Gasteiger partial charge in [-0.2, -0.15) is 0 Å². The van der Waals surface area contributed by atoms with Crippen molar-refractivity contribution in [3.8, 4) is 0 Å². The van der Waals surface area contributed by atoms with Crippen LogP contribution in [0.15, 0.2) is 18.2 Å². The Kier molecular flexibility index (Phi) is 4.90. The summed E-state index contributed by atoms with van der Waals surface area (Å²) in [6.07, 6.45) is 2.16. The number of nitrogens with zero attached hydrogens (tertiary/aromatic N) is 3. The lowest BCUT2D eigenvalue weighted by atomic mass is 9.96. The third kappa shape index (κ3) is 4.01. The van der Waals surface area contributed by atoms with E-state index in [2.05, 4.69) is 16.9 Å². The monoisotopic (exact) mass is 291 g/mol. The van der Waals surface area contributed by atoms with E-state index in [1.54, 1.807) is 24.1 Å². The molecular weight excluding hydrogens is 270 g/mol. The van der Waals surface area contributed by atoms with Crippen molar-refractivity contribution in [3.05, 3.63) is 29.6 Å². The number of piperidine rings is 1. The fourth-order valence-corrected chi connectivity index (χ4v) is 2.58. The molecule has 6 nitrogen and oxygen atoms in total. The number of rotatable bonds is 4. The second-order valence-electron chi connectivity index (χ2n) is 5.65. The molecular formula is C15H21N3O3. The molecule has 0 spiro atoms. The molecule has 1 aliphatic heterocycles. The highest BCUT2D eigenvalue weighted by molar-refractivity contribution is 5.94. The third-order valence-electron chi connectivity index (χ3n) is 3.90. The van der Waals surface area contributed by atoms with Crippen LogP contribution >= 0.6 is 0 Å².